The van der Waals surface area contributed by atoms with Crippen LogP contribution in [0.4, 0.5) is 0 Å². The van der Waals surface area contributed by atoms with Crippen LogP contribution in [0.25, 0.3) is 0 Å². The number of rotatable bonds is 10. The van der Waals surface area contributed by atoms with Crippen LogP contribution in [0, 0.1) is 11.8 Å². The Morgan fingerprint density at radius 3 is 2.80 bits per heavy atom. The van der Waals surface area contributed by atoms with Crippen LogP contribution in [0.2, 0.25) is 0 Å². The second-order valence-corrected chi connectivity index (χ2v) is 7.12. The topological polar surface area (TPSA) is 86.7 Å². The van der Waals surface area contributed by atoms with Crippen molar-refractivity contribution in [2.45, 2.75) is 76.9 Å². The Labute approximate surface area is 149 Å². The van der Waals surface area contributed by atoms with E-state index < -0.39 is 12.1 Å². The van der Waals surface area contributed by atoms with Gasteiger partial charge in [0.25, 0.3) is 0 Å². The van der Waals surface area contributed by atoms with Crippen LogP contribution in [0.3, 0.4) is 0 Å². The molecule has 0 unspecified atom stereocenters. The number of carbonyl (C=O) groups is 2. The van der Waals surface area contributed by atoms with Crippen molar-refractivity contribution in [1.82, 2.24) is 0 Å². The van der Waals surface area contributed by atoms with E-state index in [1.807, 2.05) is 12.2 Å². The van der Waals surface area contributed by atoms with Gasteiger partial charge in [-0.2, -0.15) is 0 Å². The number of carboxylic acids is 1. The summed E-state index contributed by atoms with van der Waals surface area (Å²) in [4.78, 5) is 22.3. The van der Waals surface area contributed by atoms with Crippen LogP contribution >= 0.6 is 0 Å². The molecule has 0 radical (unpaired) electrons. The van der Waals surface area contributed by atoms with E-state index in [9.17, 15) is 19.8 Å². The molecule has 2 fully saturated rings. The zero-order valence-electron chi connectivity index (χ0n) is 15.0. The molecular formula is C20H29O5-. The number of allylic oxidation sites excluding steroid dienone is 3. The van der Waals surface area contributed by atoms with Crippen LogP contribution in [-0.2, 0) is 14.3 Å². The predicted molar refractivity (Wildman–Crippen MR) is 92.3 cm³/mol. The molecule has 0 spiro atoms. The fraction of sp³-hybridized carbons (Fsp3) is 0.700. The third-order valence-electron chi connectivity index (χ3n) is 5.12. The Balaban J connectivity index is 1.84. The maximum absolute atomic E-state index is 11.9. The van der Waals surface area contributed by atoms with Crippen molar-refractivity contribution in [2.75, 3.05) is 0 Å². The first kappa shape index (κ1) is 19.7. The number of ether oxygens (including phenoxy) is 1. The molecule has 1 saturated heterocycles. The number of aliphatic hydroxyl groups excluding tert-OH is 1. The van der Waals surface area contributed by atoms with E-state index >= 15 is 0 Å². The summed E-state index contributed by atoms with van der Waals surface area (Å²) < 4.78 is 5.90. The molecule has 1 N–H and O–H groups in total. The lowest BCUT2D eigenvalue weighted by Crippen LogP contribution is -2.21. The molecule has 4 atom stereocenters. The molecule has 1 aliphatic heterocycles. The van der Waals surface area contributed by atoms with Gasteiger partial charge >= 0.3 is 0 Å². The van der Waals surface area contributed by atoms with E-state index in [0.717, 1.165) is 31.4 Å². The maximum Gasteiger partial charge on any atom is 0.155 e. The summed E-state index contributed by atoms with van der Waals surface area (Å²) in [6.07, 6.45) is 11.2. The predicted octanol–water partition coefficient (Wildman–Crippen LogP) is 2.28. The molecule has 0 aromatic carbocycles. The molecular weight excluding hydrogens is 320 g/mol. The Hall–Kier alpha value is -1.62. The highest BCUT2D eigenvalue weighted by Gasteiger charge is 2.46. The van der Waals surface area contributed by atoms with Crippen LogP contribution in [-0.4, -0.2) is 29.1 Å². The molecule has 0 bridgehead atoms. The Kier molecular flexibility index (Phi) is 7.69. The molecule has 0 aromatic rings. The van der Waals surface area contributed by atoms with Gasteiger partial charge in [-0.25, -0.2) is 0 Å². The monoisotopic (exact) mass is 349 g/mol. The Morgan fingerprint density at radius 2 is 2.08 bits per heavy atom. The van der Waals surface area contributed by atoms with Crippen LogP contribution in [0.5, 0.6) is 0 Å². The number of aliphatic hydroxyl groups is 1. The maximum atomic E-state index is 11.9. The summed E-state index contributed by atoms with van der Waals surface area (Å²) in [7, 11) is 0. The molecule has 1 heterocycles. The van der Waals surface area contributed by atoms with Gasteiger partial charge in [-0.15, -0.1) is 0 Å². The number of aliphatic carboxylic acids is 1. The number of ketones is 1. The number of carboxylic acid groups (broad SMARTS) is 1. The average Bonchev–Trinajstić information content (AvgIpc) is 3.06. The number of unbranched alkanes of at least 4 members (excludes halogenated alkanes) is 3. The lowest BCUT2D eigenvalue weighted by atomic mass is 9.90. The zero-order chi connectivity index (χ0) is 18.2. The Morgan fingerprint density at radius 1 is 1.28 bits per heavy atom. The van der Waals surface area contributed by atoms with Crippen molar-refractivity contribution < 1.29 is 24.5 Å². The highest BCUT2D eigenvalue weighted by molar-refractivity contribution is 5.89. The highest BCUT2D eigenvalue weighted by Crippen LogP contribution is 2.45. The van der Waals surface area contributed by atoms with E-state index in [-0.39, 0.29) is 30.1 Å². The van der Waals surface area contributed by atoms with Gasteiger partial charge in [-0.1, -0.05) is 25.8 Å². The standard InChI is InChI=1S/C20H30O5/c1-2-3-4-7-14(21)10-11-16-17-12-15(8-5-6-9-20(23)24)25-19(17)13-18(16)22/h8,10-11,16-19,22H,2-7,9,12-13H2,1H3,(H,23,24)/p-1/b11-10+,15-8-/t16-,17-,18-,19+/m1/s1. The van der Waals surface area contributed by atoms with E-state index in [2.05, 4.69) is 6.92 Å². The van der Waals surface area contributed by atoms with Gasteiger partial charge in [0.05, 0.1) is 11.9 Å². The van der Waals surface area contributed by atoms with E-state index in [0.29, 0.717) is 25.7 Å². The minimum Gasteiger partial charge on any atom is -0.550 e. The van der Waals surface area contributed by atoms with Gasteiger partial charge in [0, 0.05) is 37.1 Å². The summed E-state index contributed by atoms with van der Waals surface area (Å²) in [5.74, 6) is 0.129. The van der Waals surface area contributed by atoms with Crippen molar-refractivity contribution in [3.05, 3.63) is 24.0 Å². The first-order chi connectivity index (χ1) is 12.0. The lowest BCUT2D eigenvalue weighted by Gasteiger charge is -2.14. The molecule has 5 heteroatoms. The molecule has 0 aromatic heterocycles. The van der Waals surface area contributed by atoms with Gasteiger partial charge in [-0.05, 0) is 37.8 Å². The molecule has 2 rings (SSSR count). The van der Waals surface area contributed by atoms with Crippen molar-refractivity contribution in [3.63, 3.8) is 0 Å². The van der Waals surface area contributed by atoms with Crippen LogP contribution in [0.15, 0.2) is 24.0 Å². The first-order valence-electron chi connectivity index (χ1n) is 9.46. The number of hydrogen-bond acceptors (Lipinski definition) is 5. The second-order valence-electron chi connectivity index (χ2n) is 7.12. The normalized spacial score (nSPS) is 29.9. The van der Waals surface area contributed by atoms with Gasteiger partial charge in [-0.3, -0.25) is 4.79 Å². The lowest BCUT2D eigenvalue weighted by molar-refractivity contribution is -0.305. The number of hydrogen-bond donors (Lipinski definition) is 1. The zero-order valence-corrected chi connectivity index (χ0v) is 15.0. The molecule has 0 amide bonds. The summed E-state index contributed by atoms with van der Waals surface area (Å²) in [5.41, 5.74) is 0. The molecule has 2 aliphatic rings. The third kappa shape index (κ3) is 5.99. The molecule has 1 aliphatic carbocycles. The minimum atomic E-state index is -1.03. The largest absolute Gasteiger partial charge is 0.550 e. The van der Waals surface area contributed by atoms with Crippen molar-refractivity contribution in [1.29, 1.82) is 0 Å². The van der Waals surface area contributed by atoms with Gasteiger partial charge in [0.1, 0.15) is 6.10 Å². The number of carbonyl (C=O) groups excluding carboxylic acids is 2. The quantitative estimate of drug-likeness (QED) is 0.483. The van der Waals surface area contributed by atoms with Gasteiger partial charge < -0.3 is 19.7 Å². The van der Waals surface area contributed by atoms with Crippen molar-refractivity contribution in [2.24, 2.45) is 11.8 Å². The Bertz CT molecular complexity index is 522. The van der Waals surface area contributed by atoms with E-state index in [4.69, 9.17) is 4.74 Å². The molecule has 25 heavy (non-hydrogen) atoms. The molecule has 5 nitrogen and oxygen atoms in total. The number of fused-ring (bicyclic) bond motifs is 1. The fourth-order valence-electron chi connectivity index (χ4n) is 3.74. The van der Waals surface area contributed by atoms with Crippen LogP contribution in [0.1, 0.15) is 64.7 Å². The van der Waals surface area contributed by atoms with Crippen molar-refractivity contribution >= 4 is 11.8 Å². The molecule has 1 saturated carbocycles. The third-order valence-corrected chi connectivity index (χ3v) is 5.12. The summed E-state index contributed by atoms with van der Waals surface area (Å²) in [6, 6.07) is 0. The summed E-state index contributed by atoms with van der Waals surface area (Å²) in [6.45, 7) is 2.11. The first-order valence-corrected chi connectivity index (χ1v) is 9.46. The van der Waals surface area contributed by atoms with Crippen molar-refractivity contribution in [3.8, 4) is 0 Å². The average molecular weight is 349 g/mol. The fourth-order valence-corrected chi connectivity index (χ4v) is 3.74. The summed E-state index contributed by atoms with van der Waals surface area (Å²) in [5, 5.41) is 20.7. The molecule has 140 valence electrons. The van der Waals surface area contributed by atoms with E-state index in [1.165, 1.54) is 0 Å². The highest BCUT2D eigenvalue weighted by atomic mass is 16.5. The van der Waals surface area contributed by atoms with Gasteiger partial charge in [0.2, 0.25) is 0 Å². The van der Waals surface area contributed by atoms with Crippen LogP contribution < -0.4 is 5.11 Å². The SMILES string of the molecule is CCCCCC(=O)/C=C/[C@@H]1[C@H]2C/C(=C/CCCC(=O)[O-])O[C@H]2C[C@H]1O. The van der Waals surface area contributed by atoms with E-state index in [1.54, 1.807) is 6.08 Å². The smallest absolute Gasteiger partial charge is 0.155 e. The second kappa shape index (κ2) is 9.76. The van der Waals surface area contributed by atoms with Gasteiger partial charge in [0.15, 0.2) is 5.78 Å². The summed E-state index contributed by atoms with van der Waals surface area (Å²) >= 11 is 0. The minimum absolute atomic E-state index is 0.00719.